The van der Waals surface area contributed by atoms with Crippen molar-refractivity contribution in [3.05, 3.63) is 0 Å². The molecule has 114 valence electrons. The summed E-state index contributed by atoms with van der Waals surface area (Å²) >= 11 is 3.22. The first-order valence-electron chi connectivity index (χ1n) is 6.53. The quantitative estimate of drug-likeness (QED) is 0.575. The molecule has 0 unspecified atom stereocenters. The smallest absolute Gasteiger partial charge is 0.331 e. The number of hydrogen-bond donors (Lipinski definition) is 0. The summed E-state index contributed by atoms with van der Waals surface area (Å²) in [7, 11) is 1.56. The molecule has 1 aliphatic heterocycles. The van der Waals surface area contributed by atoms with Gasteiger partial charge >= 0.3 is 12.0 Å². The maximum absolute atomic E-state index is 12.2. The van der Waals surface area contributed by atoms with E-state index in [9.17, 15) is 14.4 Å². The highest BCUT2D eigenvalue weighted by atomic mass is 79.9. The van der Waals surface area contributed by atoms with E-state index in [2.05, 4.69) is 15.9 Å². The van der Waals surface area contributed by atoms with E-state index in [0.717, 1.165) is 4.90 Å². The molecule has 0 aromatic heterocycles. The third-order valence-corrected chi connectivity index (χ3v) is 3.87. The molecule has 0 aliphatic carbocycles. The summed E-state index contributed by atoms with van der Waals surface area (Å²) in [5, 5.41) is 0. The van der Waals surface area contributed by atoms with Crippen LogP contribution in [-0.2, 0) is 14.3 Å². The third-order valence-electron chi connectivity index (χ3n) is 2.83. The van der Waals surface area contributed by atoms with E-state index < -0.39 is 34.4 Å². The first-order chi connectivity index (χ1) is 9.08. The number of alkyl halides is 1. The molecule has 0 aromatic carbocycles. The molecule has 20 heavy (non-hydrogen) atoms. The fourth-order valence-electron chi connectivity index (χ4n) is 1.86. The van der Waals surface area contributed by atoms with E-state index in [1.807, 2.05) is 6.92 Å². The van der Waals surface area contributed by atoms with Crippen molar-refractivity contribution in [3.8, 4) is 0 Å². The van der Waals surface area contributed by atoms with Crippen LogP contribution in [0.3, 0.4) is 0 Å². The number of nitrogens with zero attached hydrogens (tertiary/aromatic N) is 2. The number of amides is 3. The summed E-state index contributed by atoms with van der Waals surface area (Å²) in [5.41, 5.74) is -0.658. The lowest BCUT2D eigenvalue weighted by atomic mass is 10.2. The first-order valence-corrected chi connectivity index (χ1v) is 7.45. The molecule has 7 heteroatoms. The standard InChI is InChI=1S/C13H21BrN2O4/c1-6-8(14)10(17)16-9(7-15(5)12(16)19)11(18)20-13(2,3)4/h8-9H,6-7H2,1-5H3/t8-,9+/m1/s1. The largest absolute Gasteiger partial charge is 0.458 e. The van der Waals surface area contributed by atoms with Crippen LogP contribution in [-0.4, -0.2) is 57.8 Å². The molecule has 2 atom stereocenters. The van der Waals surface area contributed by atoms with Gasteiger partial charge in [0, 0.05) is 7.05 Å². The number of rotatable bonds is 3. The Morgan fingerprint density at radius 2 is 2.00 bits per heavy atom. The van der Waals surface area contributed by atoms with Gasteiger partial charge < -0.3 is 9.64 Å². The van der Waals surface area contributed by atoms with E-state index in [4.69, 9.17) is 4.74 Å². The van der Waals surface area contributed by atoms with Gasteiger partial charge in [0.25, 0.3) is 0 Å². The Hall–Kier alpha value is -1.11. The fraction of sp³-hybridized carbons (Fsp3) is 0.769. The van der Waals surface area contributed by atoms with E-state index in [1.54, 1.807) is 27.8 Å². The lowest BCUT2D eigenvalue weighted by Gasteiger charge is -2.26. The highest BCUT2D eigenvalue weighted by Gasteiger charge is 2.46. The van der Waals surface area contributed by atoms with Crippen LogP contribution >= 0.6 is 15.9 Å². The molecule has 0 radical (unpaired) electrons. The highest BCUT2D eigenvalue weighted by molar-refractivity contribution is 9.10. The summed E-state index contributed by atoms with van der Waals surface area (Å²) in [4.78, 5) is 38.3. The number of carbonyl (C=O) groups is 3. The molecule has 0 aromatic rings. The van der Waals surface area contributed by atoms with Gasteiger partial charge in [0.2, 0.25) is 5.91 Å². The molecule has 0 bridgehead atoms. The lowest BCUT2D eigenvalue weighted by Crippen LogP contribution is -2.48. The zero-order chi connectivity index (χ0) is 15.7. The van der Waals surface area contributed by atoms with Gasteiger partial charge in [-0.15, -0.1) is 0 Å². The van der Waals surface area contributed by atoms with Crippen molar-refractivity contribution in [1.29, 1.82) is 0 Å². The number of carbonyl (C=O) groups excluding carboxylic acids is 3. The van der Waals surface area contributed by atoms with Crippen LogP contribution in [0.4, 0.5) is 4.79 Å². The van der Waals surface area contributed by atoms with E-state index in [-0.39, 0.29) is 6.54 Å². The summed E-state index contributed by atoms with van der Waals surface area (Å²) in [5.74, 6) is -0.961. The van der Waals surface area contributed by atoms with Crippen LogP contribution < -0.4 is 0 Å². The minimum absolute atomic E-state index is 0.156. The van der Waals surface area contributed by atoms with Crippen molar-refractivity contribution < 1.29 is 19.1 Å². The summed E-state index contributed by atoms with van der Waals surface area (Å²) in [6.07, 6.45) is 0.535. The van der Waals surface area contributed by atoms with Crippen LogP contribution in [0.1, 0.15) is 34.1 Å². The van der Waals surface area contributed by atoms with Crippen molar-refractivity contribution in [2.24, 2.45) is 0 Å². The summed E-state index contributed by atoms with van der Waals surface area (Å²) < 4.78 is 5.29. The molecule has 6 nitrogen and oxygen atoms in total. The SMILES string of the molecule is CC[C@@H](Br)C(=O)N1C(=O)N(C)C[C@H]1C(=O)OC(C)(C)C. The monoisotopic (exact) mass is 348 g/mol. The van der Waals surface area contributed by atoms with Crippen LogP contribution in [0.2, 0.25) is 0 Å². The predicted molar refractivity (Wildman–Crippen MR) is 77.5 cm³/mol. The molecule has 1 saturated heterocycles. The number of ether oxygens (including phenoxy) is 1. The van der Waals surface area contributed by atoms with Gasteiger partial charge in [0.15, 0.2) is 6.04 Å². The molecule has 1 aliphatic rings. The predicted octanol–water partition coefficient (Wildman–Crippen LogP) is 1.76. The van der Waals surface area contributed by atoms with Crippen molar-refractivity contribution >= 4 is 33.8 Å². The van der Waals surface area contributed by atoms with Gasteiger partial charge in [-0.3, -0.25) is 4.79 Å². The molecule has 1 heterocycles. The number of imide groups is 1. The van der Waals surface area contributed by atoms with E-state index >= 15 is 0 Å². The van der Waals surface area contributed by atoms with Crippen molar-refractivity contribution in [2.75, 3.05) is 13.6 Å². The van der Waals surface area contributed by atoms with Gasteiger partial charge in [-0.25, -0.2) is 14.5 Å². The van der Waals surface area contributed by atoms with Gasteiger partial charge in [0.1, 0.15) is 5.60 Å². The van der Waals surface area contributed by atoms with Crippen LogP contribution in [0, 0.1) is 0 Å². The Labute approximate surface area is 127 Å². The van der Waals surface area contributed by atoms with Gasteiger partial charge in [0.05, 0.1) is 11.4 Å². The summed E-state index contributed by atoms with van der Waals surface area (Å²) in [6.45, 7) is 7.22. The van der Waals surface area contributed by atoms with Crippen LogP contribution in [0.5, 0.6) is 0 Å². The number of esters is 1. The van der Waals surface area contributed by atoms with Gasteiger partial charge in [-0.05, 0) is 27.2 Å². The van der Waals surface area contributed by atoms with Crippen LogP contribution in [0.15, 0.2) is 0 Å². The number of likely N-dealkylation sites (N-methyl/N-ethyl adjacent to an activating group) is 1. The molecule has 1 fully saturated rings. The zero-order valence-electron chi connectivity index (χ0n) is 12.5. The van der Waals surface area contributed by atoms with Crippen molar-refractivity contribution in [1.82, 2.24) is 9.80 Å². The van der Waals surface area contributed by atoms with Crippen molar-refractivity contribution in [2.45, 2.75) is 50.6 Å². The average Bonchev–Trinajstić information content (AvgIpc) is 2.62. The molecule has 1 rings (SSSR count). The molecule has 3 amide bonds. The van der Waals surface area contributed by atoms with Crippen LogP contribution in [0.25, 0.3) is 0 Å². The maximum Gasteiger partial charge on any atom is 0.331 e. The van der Waals surface area contributed by atoms with E-state index in [1.165, 1.54) is 4.90 Å². The highest BCUT2D eigenvalue weighted by Crippen LogP contribution is 2.22. The van der Waals surface area contributed by atoms with Gasteiger partial charge in [-0.2, -0.15) is 0 Å². The third kappa shape index (κ3) is 3.71. The summed E-state index contributed by atoms with van der Waals surface area (Å²) in [6, 6.07) is -1.35. The molecule has 0 N–H and O–H groups in total. The molecule has 0 saturated carbocycles. The number of hydrogen-bond acceptors (Lipinski definition) is 4. The first kappa shape index (κ1) is 16.9. The second-order valence-corrected chi connectivity index (χ2v) is 6.90. The minimum atomic E-state index is -0.883. The number of urea groups is 1. The van der Waals surface area contributed by atoms with Crippen molar-refractivity contribution in [3.63, 3.8) is 0 Å². The maximum atomic E-state index is 12.2. The fourth-order valence-corrected chi connectivity index (χ4v) is 2.08. The Kier molecular flexibility index (Phi) is 5.18. The Balaban J connectivity index is 2.96. The second kappa shape index (κ2) is 6.11. The average molecular weight is 349 g/mol. The topological polar surface area (TPSA) is 66.9 Å². The molecular formula is C13H21BrN2O4. The second-order valence-electron chi connectivity index (χ2n) is 5.80. The Bertz CT molecular complexity index is 419. The Morgan fingerprint density at radius 1 is 1.45 bits per heavy atom. The lowest BCUT2D eigenvalue weighted by molar-refractivity contribution is -0.161. The minimum Gasteiger partial charge on any atom is -0.458 e. The number of halogens is 1. The van der Waals surface area contributed by atoms with Gasteiger partial charge in [-0.1, -0.05) is 22.9 Å². The van der Waals surface area contributed by atoms with E-state index in [0.29, 0.717) is 6.42 Å². The molecular weight excluding hydrogens is 328 g/mol. The zero-order valence-corrected chi connectivity index (χ0v) is 14.1. The molecule has 0 spiro atoms. The normalized spacial score (nSPS) is 21.1. The Morgan fingerprint density at radius 3 is 2.45 bits per heavy atom.